The van der Waals surface area contributed by atoms with Crippen molar-refractivity contribution >= 4 is 16.8 Å². The fourth-order valence-corrected chi connectivity index (χ4v) is 3.09. The molecule has 0 saturated carbocycles. The van der Waals surface area contributed by atoms with Crippen LogP contribution in [0.15, 0.2) is 59.5 Å². The van der Waals surface area contributed by atoms with Crippen molar-refractivity contribution in [3.05, 3.63) is 81.6 Å². The third kappa shape index (κ3) is 4.47. The Hall–Kier alpha value is -2.96. The lowest BCUT2D eigenvalue weighted by molar-refractivity contribution is -0.134. The van der Waals surface area contributed by atoms with Crippen LogP contribution in [0.2, 0.25) is 0 Å². The molecule has 6 heteroatoms. The second kappa shape index (κ2) is 8.82. The van der Waals surface area contributed by atoms with Crippen molar-refractivity contribution in [3.8, 4) is 0 Å². The molecule has 1 aromatic heterocycles. The SMILES string of the molecule is CCOC(C)OCc1ccc(Cn2cc(C(N)=O)c(=O)c3ccccc32)cc1. The number of nitrogens with two attached hydrogens (primary N) is 1. The predicted molar refractivity (Wildman–Crippen MR) is 108 cm³/mol. The zero-order valence-electron chi connectivity index (χ0n) is 16.1. The van der Waals surface area contributed by atoms with Crippen LogP contribution in [-0.2, 0) is 22.6 Å². The number of rotatable bonds is 8. The van der Waals surface area contributed by atoms with E-state index in [-0.39, 0.29) is 17.3 Å². The Morgan fingerprint density at radius 1 is 1.07 bits per heavy atom. The van der Waals surface area contributed by atoms with Gasteiger partial charge in [-0.05, 0) is 37.1 Å². The van der Waals surface area contributed by atoms with Gasteiger partial charge in [-0.15, -0.1) is 0 Å². The van der Waals surface area contributed by atoms with Gasteiger partial charge in [-0.1, -0.05) is 36.4 Å². The predicted octanol–water partition coefficient (Wildman–Crippen LogP) is 3.05. The van der Waals surface area contributed by atoms with Crippen LogP contribution in [-0.4, -0.2) is 23.4 Å². The van der Waals surface area contributed by atoms with E-state index in [9.17, 15) is 9.59 Å². The number of pyridine rings is 1. The molecule has 0 aliphatic heterocycles. The number of fused-ring (bicyclic) bond motifs is 1. The summed E-state index contributed by atoms with van der Waals surface area (Å²) in [5.41, 5.74) is 7.88. The van der Waals surface area contributed by atoms with E-state index in [2.05, 4.69) is 0 Å². The van der Waals surface area contributed by atoms with Crippen LogP contribution in [0.1, 0.15) is 35.3 Å². The molecule has 0 fully saturated rings. The van der Waals surface area contributed by atoms with Crippen LogP contribution in [0, 0.1) is 0 Å². The highest BCUT2D eigenvalue weighted by Gasteiger charge is 2.13. The Morgan fingerprint density at radius 3 is 2.43 bits per heavy atom. The lowest BCUT2D eigenvalue weighted by Crippen LogP contribution is -2.24. The number of amides is 1. The first-order valence-electron chi connectivity index (χ1n) is 9.22. The largest absolute Gasteiger partial charge is 0.365 e. The van der Waals surface area contributed by atoms with Crippen LogP contribution < -0.4 is 11.2 Å². The van der Waals surface area contributed by atoms with Gasteiger partial charge in [-0.2, -0.15) is 0 Å². The minimum Gasteiger partial charge on any atom is -0.365 e. The van der Waals surface area contributed by atoms with Gasteiger partial charge in [0.15, 0.2) is 6.29 Å². The smallest absolute Gasteiger partial charge is 0.254 e. The molecule has 0 aliphatic carbocycles. The molecule has 1 amide bonds. The van der Waals surface area contributed by atoms with Gasteiger partial charge in [0.05, 0.1) is 12.1 Å². The highest BCUT2D eigenvalue weighted by atomic mass is 16.7. The molecule has 1 unspecified atom stereocenters. The summed E-state index contributed by atoms with van der Waals surface area (Å²) in [6.45, 7) is 5.39. The zero-order chi connectivity index (χ0) is 20.1. The summed E-state index contributed by atoms with van der Waals surface area (Å²) in [5.74, 6) is -0.722. The van der Waals surface area contributed by atoms with Gasteiger partial charge in [0, 0.05) is 24.7 Å². The molecule has 0 bridgehead atoms. The van der Waals surface area contributed by atoms with Crippen LogP contribution in [0.5, 0.6) is 0 Å². The summed E-state index contributed by atoms with van der Waals surface area (Å²) in [5, 5.41) is 0.480. The summed E-state index contributed by atoms with van der Waals surface area (Å²) in [4.78, 5) is 24.1. The Balaban J connectivity index is 1.84. The molecule has 0 aliphatic rings. The van der Waals surface area contributed by atoms with Crippen molar-refractivity contribution in [2.24, 2.45) is 5.73 Å². The van der Waals surface area contributed by atoms with Crippen molar-refractivity contribution in [2.75, 3.05) is 6.61 Å². The number of carbonyl (C=O) groups is 1. The second-order valence-corrected chi connectivity index (χ2v) is 6.53. The molecule has 3 aromatic rings. The van der Waals surface area contributed by atoms with Crippen LogP contribution in [0.4, 0.5) is 0 Å². The number of benzene rings is 2. The topological polar surface area (TPSA) is 83.5 Å². The summed E-state index contributed by atoms with van der Waals surface area (Å²) in [7, 11) is 0. The first-order chi connectivity index (χ1) is 13.5. The van der Waals surface area contributed by atoms with E-state index in [0.717, 1.165) is 16.6 Å². The maximum absolute atomic E-state index is 12.5. The second-order valence-electron chi connectivity index (χ2n) is 6.53. The van der Waals surface area contributed by atoms with Crippen molar-refractivity contribution in [2.45, 2.75) is 33.3 Å². The maximum atomic E-state index is 12.5. The fraction of sp³-hybridized carbons (Fsp3) is 0.273. The first-order valence-corrected chi connectivity index (χ1v) is 9.22. The molecule has 1 heterocycles. The summed E-state index contributed by atoms with van der Waals surface area (Å²) >= 11 is 0. The molecular weight excluding hydrogens is 356 g/mol. The molecule has 0 spiro atoms. The highest BCUT2D eigenvalue weighted by Crippen LogP contribution is 2.15. The van der Waals surface area contributed by atoms with Gasteiger partial charge < -0.3 is 19.8 Å². The Bertz CT molecular complexity index is 1020. The van der Waals surface area contributed by atoms with E-state index < -0.39 is 5.91 Å². The minimum absolute atomic E-state index is 0.00590. The van der Waals surface area contributed by atoms with Gasteiger partial charge in [-0.3, -0.25) is 9.59 Å². The Labute approximate surface area is 163 Å². The minimum atomic E-state index is -0.722. The molecule has 28 heavy (non-hydrogen) atoms. The van der Waals surface area contributed by atoms with Gasteiger partial charge in [0.2, 0.25) is 5.43 Å². The molecule has 0 saturated heterocycles. The lowest BCUT2D eigenvalue weighted by atomic mass is 10.1. The molecular formula is C22H24N2O4. The van der Waals surface area contributed by atoms with E-state index in [1.54, 1.807) is 12.1 Å². The summed E-state index contributed by atoms with van der Waals surface area (Å²) in [6, 6.07) is 15.2. The van der Waals surface area contributed by atoms with E-state index in [0.29, 0.717) is 25.1 Å². The summed E-state index contributed by atoms with van der Waals surface area (Å²) in [6.07, 6.45) is 1.29. The zero-order valence-corrected chi connectivity index (χ0v) is 16.1. The molecule has 1 atom stereocenters. The quantitative estimate of drug-likeness (QED) is 0.609. The summed E-state index contributed by atoms with van der Waals surface area (Å²) < 4.78 is 12.9. The third-order valence-corrected chi connectivity index (χ3v) is 4.52. The monoisotopic (exact) mass is 380 g/mol. The van der Waals surface area contributed by atoms with Crippen LogP contribution in [0.25, 0.3) is 10.9 Å². The Morgan fingerprint density at radius 2 is 1.75 bits per heavy atom. The number of nitrogens with zero attached hydrogens (tertiary/aromatic N) is 1. The van der Waals surface area contributed by atoms with E-state index >= 15 is 0 Å². The third-order valence-electron chi connectivity index (χ3n) is 4.52. The van der Waals surface area contributed by atoms with Gasteiger partial charge in [0.25, 0.3) is 5.91 Å². The molecule has 2 N–H and O–H groups in total. The molecule has 3 rings (SSSR count). The van der Waals surface area contributed by atoms with E-state index in [1.165, 1.54) is 6.20 Å². The van der Waals surface area contributed by atoms with E-state index in [4.69, 9.17) is 15.2 Å². The van der Waals surface area contributed by atoms with Crippen LogP contribution >= 0.6 is 0 Å². The molecule has 6 nitrogen and oxygen atoms in total. The van der Waals surface area contributed by atoms with Crippen molar-refractivity contribution in [3.63, 3.8) is 0 Å². The Kier molecular flexibility index (Phi) is 6.23. The van der Waals surface area contributed by atoms with Crippen molar-refractivity contribution < 1.29 is 14.3 Å². The average Bonchev–Trinajstić information content (AvgIpc) is 2.69. The van der Waals surface area contributed by atoms with Gasteiger partial charge in [-0.25, -0.2) is 0 Å². The number of para-hydroxylation sites is 1. The normalized spacial score (nSPS) is 12.2. The number of carbonyl (C=O) groups excluding carboxylic acids is 1. The number of ether oxygens (including phenoxy) is 2. The standard InChI is InChI=1S/C22H24N2O4/c1-3-27-15(2)28-14-17-10-8-16(9-11-17)12-24-13-19(22(23)26)21(25)18-6-4-5-7-20(18)24/h4-11,13,15H,3,12,14H2,1-2H3,(H2,23,26). The van der Waals surface area contributed by atoms with Crippen LogP contribution in [0.3, 0.4) is 0 Å². The van der Waals surface area contributed by atoms with Crippen molar-refractivity contribution in [1.29, 1.82) is 0 Å². The fourth-order valence-electron chi connectivity index (χ4n) is 3.09. The highest BCUT2D eigenvalue weighted by molar-refractivity contribution is 5.96. The molecule has 0 radical (unpaired) electrons. The number of hydrogen-bond acceptors (Lipinski definition) is 4. The van der Waals surface area contributed by atoms with Gasteiger partial charge >= 0.3 is 0 Å². The number of hydrogen-bond donors (Lipinski definition) is 1. The lowest BCUT2D eigenvalue weighted by Gasteiger charge is -2.14. The number of aromatic nitrogens is 1. The van der Waals surface area contributed by atoms with E-state index in [1.807, 2.05) is 54.8 Å². The van der Waals surface area contributed by atoms with Crippen molar-refractivity contribution in [1.82, 2.24) is 4.57 Å². The number of primary amides is 1. The average molecular weight is 380 g/mol. The molecule has 146 valence electrons. The first kappa shape index (κ1) is 19.8. The maximum Gasteiger partial charge on any atom is 0.254 e. The van der Waals surface area contributed by atoms with Gasteiger partial charge in [0.1, 0.15) is 5.56 Å². The molecule has 2 aromatic carbocycles.